The number of phosphoric ester groups is 1. The first-order valence-electron chi connectivity index (χ1n) is 10.7. The number of phosphoric acid groups is 1. The van der Waals surface area contributed by atoms with Gasteiger partial charge in [0.1, 0.15) is 5.75 Å². The van der Waals surface area contributed by atoms with Crippen molar-refractivity contribution in [2.75, 3.05) is 17.7 Å². The van der Waals surface area contributed by atoms with Crippen molar-refractivity contribution in [2.45, 2.75) is 38.0 Å². The topological polar surface area (TPSA) is 126 Å². The Balaban J connectivity index is 1.14. The van der Waals surface area contributed by atoms with Crippen molar-refractivity contribution in [3.8, 4) is 5.75 Å². The highest BCUT2D eigenvalue weighted by molar-refractivity contribution is 7.49. The molecule has 0 bridgehead atoms. The summed E-state index contributed by atoms with van der Waals surface area (Å²) >= 11 is 0. The summed E-state index contributed by atoms with van der Waals surface area (Å²) in [4.78, 5) is 13.3. The summed E-state index contributed by atoms with van der Waals surface area (Å²) in [7, 11) is -3.64. The molecule has 1 aliphatic heterocycles. The van der Waals surface area contributed by atoms with E-state index >= 15 is 0 Å². The lowest BCUT2D eigenvalue weighted by molar-refractivity contribution is 0.124. The summed E-state index contributed by atoms with van der Waals surface area (Å²) in [5.74, 6) is 1.49. The van der Waals surface area contributed by atoms with E-state index in [4.69, 9.17) is 19.3 Å². The molecule has 0 spiro atoms. The highest BCUT2D eigenvalue weighted by atomic mass is 31.2. The Morgan fingerprint density at radius 3 is 3.00 bits per heavy atom. The number of nitrogens with zero attached hydrogens (tertiary/aromatic N) is 4. The second-order valence-corrected chi connectivity index (χ2v) is 9.93. The van der Waals surface area contributed by atoms with Gasteiger partial charge >= 0.3 is 7.82 Å². The highest BCUT2D eigenvalue weighted by Crippen LogP contribution is 2.55. The third-order valence-electron chi connectivity index (χ3n) is 5.87. The lowest BCUT2D eigenvalue weighted by atomic mass is 10.1. The number of benzene rings is 1. The summed E-state index contributed by atoms with van der Waals surface area (Å²) in [6.07, 6.45) is 8.90. The molecule has 11 heteroatoms. The number of hydrogen-bond acceptors (Lipinski definition) is 9. The number of nitrogens with two attached hydrogens (primary N) is 1. The van der Waals surface area contributed by atoms with Crippen molar-refractivity contribution in [1.29, 1.82) is 0 Å². The Kier molecular flexibility index (Phi) is 4.67. The van der Waals surface area contributed by atoms with E-state index in [1.165, 1.54) is 0 Å². The van der Waals surface area contributed by atoms with E-state index in [1.807, 2.05) is 22.8 Å². The van der Waals surface area contributed by atoms with Crippen molar-refractivity contribution in [1.82, 2.24) is 19.5 Å². The summed E-state index contributed by atoms with van der Waals surface area (Å²) in [6, 6.07) is 7.83. The average Bonchev–Trinajstić information content (AvgIpc) is 3.30. The Labute approximate surface area is 184 Å². The molecule has 3 atom stereocenters. The summed E-state index contributed by atoms with van der Waals surface area (Å²) in [6.45, 7) is 0.431. The molecule has 10 nitrogen and oxygen atoms in total. The Morgan fingerprint density at radius 1 is 1.25 bits per heavy atom. The van der Waals surface area contributed by atoms with Gasteiger partial charge in [0.15, 0.2) is 17.0 Å². The van der Waals surface area contributed by atoms with Crippen LogP contribution < -0.4 is 15.6 Å². The lowest BCUT2D eigenvalue weighted by Crippen LogP contribution is -2.14. The van der Waals surface area contributed by atoms with Gasteiger partial charge in [-0.2, -0.15) is 9.97 Å². The number of nitrogen functional groups attached to an aromatic ring is 1. The molecule has 2 aliphatic carbocycles. The van der Waals surface area contributed by atoms with Crippen LogP contribution in [0.3, 0.4) is 0 Å². The second-order valence-electron chi connectivity index (χ2n) is 8.34. The maximum absolute atomic E-state index is 12.9. The number of para-hydroxylation sites is 1. The Hall–Kier alpha value is -2.94. The molecule has 3 N–H and O–H groups in total. The van der Waals surface area contributed by atoms with E-state index in [1.54, 1.807) is 12.4 Å². The number of allylic oxidation sites excluding steroid dienone is 1. The van der Waals surface area contributed by atoms with Gasteiger partial charge in [-0.25, -0.2) is 9.55 Å². The van der Waals surface area contributed by atoms with Crippen molar-refractivity contribution in [3.05, 3.63) is 48.3 Å². The quantitative estimate of drug-likeness (QED) is 0.422. The van der Waals surface area contributed by atoms with E-state index in [-0.39, 0.29) is 31.1 Å². The molecule has 3 aliphatic rings. The molecule has 2 aromatic heterocycles. The standard InChI is InChI=1S/C21H23N6O4P/c22-21-25-19(24-15-6-7-15)18-20(26-21)27(12-23-18)16-8-5-13(9-16)10-29-32(28)30-11-14-3-1-2-4-17(14)31-32/h1-5,8,12-13,15-16H,6-7,9-11H2,(H3,22,24,25,26)/t13-,16+,32?/m1/s1. The molecule has 0 amide bonds. The molecule has 0 saturated heterocycles. The molecule has 166 valence electrons. The van der Waals surface area contributed by atoms with Gasteiger partial charge in [-0.1, -0.05) is 30.4 Å². The first-order valence-corrected chi connectivity index (χ1v) is 12.1. The van der Waals surface area contributed by atoms with E-state index < -0.39 is 7.82 Å². The first kappa shape index (κ1) is 19.7. The molecule has 3 aromatic rings. The van der Waals surface area contributed by atoms with Crippen LogP contribution >= 0.6 is 7.82 Å². The number of rotatable bonds is 6. The van der Waals surface area contributed by atoms with Gasteiger partial charge in [-0.15, -0.1) is 0 Å². The van der Waals surface area contributed by atoms with Crippen LogP contribution in [-0.2, 0) is 20.2 Å². The maximum Gasteiger partial charge on any atom is 0.530 e. The normalized spacial score (nSPS) is 26.8. The van der Waals surface area contributed by atoms with Crippen molar-refractivity contribution < 1.29 is 18.1 Å². The molecule has 1 saturated carbocycles. The molecule has 1 unspecified atom stereocenters. The van der Waals surface area contributed by atoms with E-state index in [0.717, 1.165) is 24.8 Å². The third-order valence-corrected chi connectivity index (χ3v) is 7.20. The molecular weight excluding hydrogens is 431 g/mol. The number of aromatic nitrogens is 4. The fourth-order valence-corrected chi connectivity index (χ4v) is 5.31. The highest BCUT2D eigenvalue weighted by Gasteiger charge is 2.35. The van der Waals surface area contributed by atoms with Crippen molar-refractivity contribution in [3.63, 3.8) is 0 Å². The minimum atomic E-state index is -3.64. The minimum absolute atomic E-state index is 0.0338. The number of nitrogens with one attached hydrogen (secondary N) is 1. The van der Waals surface area contributed by atoms with Gasteiger partial charge in [0, 0.05) is 17.5 Å². The van der Waals surface area contributed by atoms with Crippen molar-refractivity contribution in [2.24, 2.45) is 5.92 Å². The van der Waals surface area contributed by atoms with E-state index in [9.17, 15) is 4.57 Å². The SMILES string of the molecule is Nc1nc(NC2CC2)c2ncn([C@H]3C=C[C@@H](COP4(=O)OCc5ccccc5O4)C3)c2n1. The molecule has 32 heavy (non-hydrogen) atoms. The number of fused-ring (bicyclic) bond motifs is 2. The maximum atomic E-state index is 12.9. The molecule has 6 rings (SSSR count). The summed E-state index contributed by atoms with van der Waals surface area (Å²) in [5.41, 5.74) is 8.22. The number of hydrogen-bond donors (Lipinski definition) is 2. The largest absolute Gasteiger partial charge is 0.530 e. The van der Waals surface area contributed by atoms with E-state index in [2.05, 4.69) is 32.4 Å². The molecule has 0 radical (unpaired) electrons. The van der Waals surface area contributed by atoms with Crippen LogP contribution in [0.4, 0.5) is 11.8 Å². The third kappa shape index (κ3) is 3.74. The Morgan fingerprint density at radius 2 is 2.12 bits per heavy atom. The van der Waals surface area contributed by atoms with Crippen molar-refractivity contribution >= 4 is 30.8 Å². The zero-order valence-corrected chi connectivity index (χ0v) is 18.1. The van der Waals surface area contributed by atoms with Gasteiger partial charge < -0.3 is 20.1 Å². The van der Waals surface area contributed by atoms with Crippen LogP contribution in [0.15, 0.2) is 42.7 Å². The lowest BCUT2D eigenvalue weighted by Gasteiger charge is -2.25. The minimum Gasteiger partial charge on any atom is -0.404 e. The molecule has 3 heterocycles. The fraction of sp³-hybridized carbons (Fsp3) is 0.381. The fourth-order valence-electron chi connectivity index (χ4n) is 4.04. The van der Waals surface area contributed by atoms with Crippen LogP contribution in [0.25, 0.3) is 11.2 Å². The van der Waals surface area contributed by atoms with Gasteiger partial charge in [-0.3, -0.25) is 9.05 Å². The van der Waals surface area contributed by atoms with Gasteiger partial charge in [0.25, 0.3) is 0 Å². The second kappa shape index (κ2) is 7.58. The van der Waals surface area contributed by atoms with Gasteiger partial charge in [-0.05, 0) is 25.3 Å². The predicted molar refractivity (Wildman–Crippen MR) is 118 cm³/mol. The van der Waals surface area contributed by atoms with Crippen LogP contribution in [0.2, 0.25) is 0 Å². The van der Waals surface area contributed by atoms with Gasteiger partial charge in [0.05, 0.1) is 25.6 Å². The monoisotopic (exact) mass is 454 g/mol. The summed E-state index contributed by atoms with van der Waals surface area (Å²) in [5, 5.41) is 3.38. The summed E-state index contributed by atoms with van der Waals surface area (Å²) < 4.78 is 31.4. The first-order chi connectivity index (χ1) is 15.6. The zero-order valence-electron chi connectivity index (χ0n) is 17.3. The predicted octanol–water partition coefficient (Wildman–Crippen LogP) is 3.83. The average molecular weight is 454 g/mol. The molecule has 1 aromatic carbocycles. The number of imidazole rings is 1. The van der Waals surface area contributed by atoms with Crippen LogP contribution in [-0.4, -0.2) is 32.2 Å². The molecule has 1 fully saturated rings. The molecular formula is C21H23N6O4P. The Bertz CT molecular complexity index is 1260. The smallest absolute Gasteiger partial charge is 0.404 e. The zero-order chi connectivity index (χ0) is 21.7. The number of anilines is 2. The van der Waals surface area contributed by atoms with Gasteiger partial charge in [0.2, 0.25) is 5.95 Å². The van der Waals surface area contributed by atoms with Crippen LogP contribution in [0.1, 0.15) is 30.9 Å². The van der Waals surface area contributed by atoms with Crippen LogP contribution in [0.5, 0.6) is 5.75 Å². The van der Waals surface area contributed by atoms with E-state index in [0.29, 0.717) is 28.8 Å². The van der Waals surface area contributed by atoms with Crippen LogP contribution in [0, 0.1) is 5.92 Å².